The molecule has 1 unspecified atom stereocenters. The van der Waals surface area contributed by atoms with Crippen LogP contribution in [0.15, 0.2) is 30.5 Å². The highest BCUT2D eigenvalue weighted by molar-refractivity contribution is 6.07. The summed E-state index contributed by atoms with van der Waals surface area (Å²) in [6.45, 7) is 4.18. The summed E-state index contributed by atoms with van der Waals surface area (Å²) in [5, 5.41) is 5.28. The number of nitrogens with one attached hydrogen (secondary N) is 2. The summed E-state index contributed by atoms with van der Waals surface area (Å²) in [4.78, 5) is 38.5. The molecule has 1 atom stereocenters. The summed E-state index contributed by atoms with van der Waals surface area (Å²) >= 11 is 0. The standard InChI is InChI=1S/C23H28N6O3/c1-23-14-32-11-10-29(23)20-18(28(21(23)30)13-15-4-3-5-15)12-25-19(27-20)16-6-8-17(9-7-16)26-22(31)24-2/h6-9,12,15H,3-5,10-11,13-14H2,1-2H3,(H2,24,26,31). The van der Waals surface area contributed by atoms with Crippen molar-refractivity contribution in [2.24, 2.45) is 5.92 Å². The zero-order valence-corrected chi connectivity index (χ0v) is 18.4. The van der Waals surface area contributed by atoms with E-state index in [0.717, 1.165) is 29.9 Å². The number of rotatable bonds is 4. The first kappa shape index (κ1) is 20.7. The summed E-state index contributed by atoms with van der Waals surface area (Å²) < 4.78 is 5.72. The second kappa shape index (κ2) is 8.05. The van der Waals surface area contributed by atoms with Crippen molar-refractivity contribution >= 4 is 29.1 Å². The Morgan fingerprint density at radius 1 is 1.28 bits per heavy atom. The number of fused-ring (bicyclic) bond motifs is 3. The van der Waals surface area contributed by atoms with Crippen LogP contribution >= 0.6 is 0 Å². The van der Waals surface area contributed by atoms with Gasteiger partial charge in [0.25, 0.3) is 5.91 Å². The quantitative estimate of drug-likeness (QED) is 0.764. The number of anilines is 3. The number of benzene rings is 1. The van der Waals surface area contributed by atoms with E-state index in [9.17, 15) is 9.59 Å². The first-order valence-corrected chi connectivity index (χ1v) is 11.1. The van der Waals surface area contributed by atoms with Gasteiger partial charge in [-0.05, 0) is 49.9 Å². The number of morpholine rings is 1. The minimum Gasteiger partial charge on any atom is -0.377 e. The largest absolute Gasteiger partial charge is 0.377 e. The predicted molar refractivity (Wildman–Crippen MR) is 122 cm³/mol. The van der Waals surface area contributed by atoms with E-state index in [2.05, 4.69) is 20.5 Å². The van der Waals surface area contributed by atoms with Crippen LogP contribution < -0.4 is 20.4 Å². The van der Waals surface area contributed by atoms with E-state index in [1.54, 1.807) is 13.2 Å². The molecule has 168 valence electrons. The van der Waals surface area contributed by atoms with Crippen molar-refractivity contribution in [1.29, 1.82) is 0 Å². The van der Waals surface area contributed by atoms with Crippen LogP contribution in [0, 0.1) is 5.92 Å². The summed E-state index contributed by atoms with van der Waals surface area (Å²) in [6, 6.07) is 7.12. The van der Waals surface area contributed by atoms with Gasteiger partial charge in [-0.2, -0.15) is 0 Å². The Balaban J connectivity index is 1.50. The normalized spacial score (nSPS) is 22.6. The maximum atomic E-state index is 13.5. The fourth-order valence-corrected chi connectivity index (χ4v) is 4.57. The lowest BCUT2D eigenvalue weighted by Crippen LogP contribution is -2.67. The van der Waals surface area contributed by atoms with E-state index in [1.807, 2.05) is 36.1 Å². The van der Waals surface area contributed by atoms with Crippen LogP contribution in [0.4, 0.5) is 22.0 Å². The molecule has 1 aliphatic carbocycles. The molecule has 5 rings (SSSR count). The minimum absolute atomic E-state index is 0.0672. The maximum Gasteiger partial charge on any atom is 0.318 e. The third kappa shape index (κ3) is 3.46. The van der Waals surface area contributed by atoms with Crippen LogP contribution in [0.5, 0.6) is 0 Å². The van der Waals surface area contributed by atoms with Gasteiger partial charge in [-0.25, -0.2) is 14.8 Å². The number of hydrogen-bond donors (Lipinski definition) is 2. The Bertz CT molecular complexity index is 1040. The number of amides is 3. The fourth-order valence-electron chi connectivity index (χ4n) is 4.57. The lowest BCUT2D eigenvalue weighted by atomic mass is 9.84. The van der Waals surface area contributed by atoms with E-state index in [0.29, 0.717) is 43.7 Å². The molecule has 1 saturated heterocycles. The lowest BCUT2D eigenvalue weighted by Gasteiger charge is -2.51. The van der Waals surface area contributed by atoms with Gasteiger partial charge in [0.15, 0.2) is 11.6 Å². The number of carbonyl (C=O) groups excluding carboxylic acids is 2. The van der Waals surface area contributed by atoms with Gasteiger partial charge in [-0.1, -0.05) is 6.42 Å². The smallest absolute Gasteiger partial charge is 0.318 e. The van der Waals surface area contributed by atoms with Crippen LogP contribution in [0.25, 0.3) is 11.4 Å². The molecule has 3 aliphatic rings. The Morgan fingerprint density at radius 3 is 2.75 bits per heavy atom. The monoisotopic (exact) mass is 436 g/mol. The number of nitrogens with zero attached hydrogens (tertiary/aromatic N) is 4. The minimum atomic E-state index is -0.762. The maximum absolute atomic E-state index is 13.5. The third-order valence-corrected chi connectivity index (χ3v) is 6.73. The zero-order chi connectivity index (χ0) is 22.3. The number of hydrogen-bond acceptors (Lipinski definition) is 6. The predicted octanol–water partition coefficient (Wildman–Crippen LogP) is 2.64. The number of ether oxygens (including phenoxy) is 1. The van der Waals surface area contributed by atoms with Gasteiger partial charge < -0.3 is 25.2 Å². The molecule has 2 aromatic rings. The van der Waals surface area contributed by atoms with Gasteiger partial charge in [0.2, 0.25) is 0 Å². The van der Waals surface area contributed by atoms with Crippen LogP contribution in [-0.2, 0) is 9.53 Å². The second-order valence-electron chi connectivity index (χ2n) is 8.87. The van der Waals surface area contributed by atoms with Crippen LogP contribution in [-0.4, -0.2) is 60.8 Å². The molecule has 2 aliphatic heterocycles. The first-order chi connectivity index (χ1) is 15.5. The molecule has 2 N–H and O–H groups in total. The molecule has 1 saturated carbocycles. The molecule has 1 aromatic carbocycles. The van der Waals surface area contributed by atoms with Crippen molar-refractivity contribution in [2.75, 3.05) is 48.5 Å². The third-order valence-electron chi connectivity index (χ3n) is 6.73. The van der Waals surface area contributed by atoms with Crippen molar-refractivity contribution in [3.8, 4) is 11.4 Å². The second-order valence-corrected chi connectivity index (χ2v) is 8.87. The van der Waals surface area contributed by atoms with Gasteiger partial charge >= 0.3 is 6.03 Å². The average molecular weight is 437 g/mol. The molecule has 32 heavy (non-hydrogen) atoms. The zero-order valence-electron chi connectivity index (χ0n) is 18.4. The topological polar surface area (TPSA) is 99.7 Å². The van der Waals surface area contributed by atoms with E-state index in [-0.39, 0.29) is 11.9 Å². The molecule has 0 spiro atoms. The van der Waals surface area contributed by atoms with Crippen molar-refractivity contribution in [3.05, 3.63) is 30.5 Å². The van der Waals surface area contributed by atoms with Crippen molar-refractivity contribution in [1.82, 2.24) is 15.3 Å². The van der Waals surface area contributed by atoms with Crippen molar-refractivity contribution in [2.45, 2.75) is 31.7 Å². The van der Waals surface area contributed by atoms with E-state index < -0.39 is 5.54 Å². The Morgan fingerprint density at radius 2 is 2.06 bits per heavy atom. The van der Waals surface area contributed by atoms with E-state index >= 15 is 0 Å². The van der Waals surface area contributed by atoms with Gasteiger partial charge in [0.1, 0.15) is 11.2 Å². The average Bonchev–Trinajstić information content (AvgIpc) is 2.78. The van der Waals surface area contributed by atoms with Crippen LogP contribution in [0.1, 0.15) is 26.2 Å². The summed E-state index contributed by atoms with van der Waals surface area (Å²) in [5.41, 5.74) is 1.54. The SMILES string of the molecule is CNC(=O)Nc1ccc(-c2ncc3c(n2)N2CCOCC2(C)C(=O)N3CC2CCC2)cc1. The molecule has 2 fully saturated rings. The molecular formula is C23H28N6O3. The highest BCUT2D eigenvalue weighted by atomic mass is 16.5. The summed E-state index contributed by atoms with van der Waals surface area (Å²) in [6.07, 6.45) is 5.32. The van der Waals surface area contributed by atoms with Crippen LogP contribution in [0.3, 0.4) is 0 Å². The summed E-state index contributed by atoms with van der Waals surface area (Å²) in [7, 11) is 1.57. The highest BCUT2D eigenvalue weighted by Crippen LogP contribution is 2.42. The van der Waals surface area contributed by atoms with E-state index in [4.69, 9.17) is 9.72 Å². The molecule has 3 amide bonds. The fraction of sp³-hybridized carbons (Fsp3) is 0.478. The van der Waals surface area contributed by atoms with E-state index in [1.165, 1.54) is 6.42 Å². The van der Waals surface area contributed by atoms with Crippen molar-refractivity contribution in [3.63, 3.8) is 0 Å². The molecular weight excluding hydrogens is 408 g/mol. The van der Waals surface area contributed by atoms with Crippen molar-refractivity contribution < 1.29 is 14.3 Å². The van der Waals surface area contributed by atoms with Gasteiger partial charge in [0, 0.05) is 31.4 Å². The molecule has 0 bridgehead atoms. The van der Waals surface area contributed by atoms with Crippen LogP contribution in [0.2, 0.25) is 0 Å². The molecule has 0 radical (unpaired) electrons. The molecule has 9 nitrogen and oxygen atoms in total. The Kier molecular flexibility index (Phi) is 5.21. The highest BCUT2D eigenvalue weighted by Gasteiger charge is 2.51. The number of urea groups is 1. The Hall–Kier alpha value is -3.20. The van der Waals surface area contributed by atoms with Gasteiger partial charge in [-0.15, -0.1) is 0 Å². The summed E-state index contributed by atoms with van der Waals surface area (Å²) in [5.74, 6) is 1.97. The van der Waals surface area contributed by atoms with Gasteiger partial charge in [0.05, 0.1) is 19.4 Å². The Labute approximate surface area is 187 Å². The van der Waals surface area contributed by atoms with Gasteiger partial charge in [-0.3, -0.25) is 4.79 Å². The molecule has 1 aromatic heterocycles. The number of aromatic nitrogens is 2. The lowest BCUT2D eigenvalue weighted by molar-refractivity contribution is -0.127. The first-order valence-electron chi connectivity index (χ1n) is 11.1. The molecule has 9 heteroatoms. The molecule has 3 heterocycles. The number of carbonyl (C=O) groups is 2.